The predicted octanol–water partition coefficient (Wildman–Crippen LogP) is 2.36. The third-order valence-corrected chi connectivity index (χ3v) is 8.91. The van der Waals surface area contributed by atoms with Gasteiger partial charge in [-0.15, -0.1) is 10.2 Å². The van der Waals surface area contributed by atoms with Crippen LogP contribution in [0.25, 0.3) is 22.5 Å². The maximum Gasteiger partial charge on any atom is 0.251 e. The van der Waals surface area contributed by atoms with Gasteiger partial charge in [0.25, 0.3) is 5.91 Å². The number of carbonyl (C=O) groups excluding carboxylic acids is 3. The van der Waals surface area contributed by atoms with Crippen LogP contribution in [0.2, 0.25) is 0 Å². The van der Waals surface area contributed by atoms with Crippen molar-refractivity contribution in [3.63, 3.8) is 0 Å². The molecule has 0 saturated heterocycles. The summed E-state index contributed by atoms with van der Waals surface area (Å²) in [6.45, 7) is 1.81. The standard InChI is InChI=1S/C35H42N8O5/c1-21-16-27(34(47)38-29(19-44)20-45)12-15-30(21)24-6-2-22(3-7-24)17-31(39-33(46)26-8-4-23(18-36)5-9-26)35(48)37-28-13-10-25(11-14-28)32-40-42-43-41-32/h2-3,6-7,10-16,23,26,29,31,44-45H,4-5,8-9,17-20,36H2,1H3,(H,37,48)(H,38,47)(H,39,46)(H,40,41,42,43)/t23?,26?,31-/m0/s1. The maximum atomic E-state index is 13.6. The van der Waals surface area contributed by atoms with Crippen LogP contribution >= 0.6 is 0 Å². The number of hydrogen-bond acceptors (Lipinski definition) is 9. The number of nitrogens with one attached hydrogen (secondary N) is 4. The molecule has 1 fully saturated rings. The number of aliphatic hydroxyl groups excluding tert-OH is 2. The molecule has 0 radical (unpaired) electrons. The van der Waals surface area contributed by atoms with Gasteiger partial charge in [0.05, 0.1) is 19.3 Å². The Hall–Kier alpha value is -4.98. The molecule has 0 aliphatic heterocycles. The largest absolute Gasteiger partial charge is 0.394 e. The average molecular weight is 655 g/mol. The minimum absolute atomic E-state index is 0.126. The number of aromatic amines is 1. The highest BCUT2D eigenvalue weighted by Gasteiger charge is 2.29. The normalized spacial score (nSPS) is 16.7. The second kappa shape index (κ2) is 16.2. The molecule has 13 nitrogen and oxygen atoms in total. The van der Waals surface area contributed by atoms with Gasteiger partial charge < -0.3 is 31.9 Å². The number of tetrazole rings is 1. The average Bonchev–Trinajstić information content (AvgIpc) is 3.66. The summed E-state index contributed by atoms with van der Waals surface area (Å²) in [5, 5.41) is 41.1. The van der Waals surface area contributed by atoms with Crippen LogP contribution in [-0.4, -0.2) is 80.4 Å². The zero-order valence-electron chi connectivity index (χ0n) is 26.9. The summed E-state index contributed by atoms with van der Waals surface area (Å²) in [6.07, 6.45) is 3.58. The topological polar surface area (TPSA) is 208 Å². The van der Waals surface area contributed by atoms with Gasteiger partial charge in [-0.1, -0.05) is 30.3 Å². The van der Waals surface area contributed by atoms with Crippen LogP contribution in [0.15, 0.2) is 66.7 Å². The summed E-state index contributed by atoms with van der Waals surface area (Å²) >= 11 is 0. The zero-order valence-corrected chi connectivity index (χ0v) is 26.9. The first-order chi connectivity index (χ1) is 23.3. The molecular formula is C35H42N8O5. The number of H-pyrrole nitrogens is 1. The molecule has 1 aliphatic carbocycles. The number of aryl methyl sites for hydroxylation is 1. The lowest BCUT2D eigenvalue weighted by molar-refractivity contribution is -0.130. The van der Waals surface area contributed by atoms with Crippen molar-refractivity contribution in [3.8, 4) is 22.5 Å². The van der Waals surface area contributed by atoms with Crippen molar-refractivity contribution in [2.24, 2.45) is 17.6 Å². The molecule has 5 rings (SSSR count). The van der Waals surface area contributed by atoms with E-state index in [1.165, 1.54) is 0 Å². The molecule has 1 aliphatic rings. The van der Waals surface area contributed by atoms with E-state index in [0.29, 0.717) is 29.5 Å². The molecule has 252 valence electrons. The monoisotopic (exact) mass is 654 g/mol. The van der Waals surface area contributed by atoms with E-state index in [1.807, 2.05) is 37.3 Å². The third kappa shape index (κ3) is 8.68. The summed E-state index contributed by atoms with van der Waals surface area (Å²) in [7, 11) is 0. The fourth-order valence-corrected chi connectivity index (χ4v) is 5.98. The SMILES string of the molecule is Cc1cc(C(=O)NC(CO)CO)ccc1-c1ccc(C[C@H](NC(=O)C2CCC(CN)CC2)C(=O)Nc2ccc(-c3nn[nH]n3)cc2)cc1. The van der Waals surface area contributed by atoms with Crippen molar-refractivity contribution in [1.82, 2.24) is 31.3 Å². The fourth-order valence-electron chi connectivity index (χ4n) is 5.98. The van der Waals surface area contributed by atoms with Gasteiger partial charge in [0.1, 0.15) is 6.04 Å². The van der Waals surface area contributed by atoms with Crippen LogP contribution in [0.1, 0.15) is 47.2 Å². The summed E-state index contributed by atoms with van der Waals surface area (Å²) in [6, 6.07) is 18.6. The van der Waals surface area contributed by atoms with E-state index in [-0.39, 0.29) is 43.3 Å². The molecule has 3 aromatic carbocycles. The van der Waals surface area contributed by atoms with E-state index < -0.39 is 12.1 Å². The molecule has 1 heterocycles. The van der Waals surface area contributed by atoms with Gasteiger partial charge in [-0.05, 0) is 109 Å². The Morgan fingerprint density at radius 2 is 1.60 bits per heavy atom. The minimum atomic E-state index is -0.811. The highest BCUT2D eigenvalue weighted by molar-refractivity contribution is 5.98. The van der Waals surface area contributed by atoms with Crippen molar-refractivity contribution in [2.75, 3.05) is 25.1 Å². The molecule has 0 unspecified atom stereocenters. The Morgan fingerprint density at radius 1 is 0.917 bits per heavy atom. The van der Waals surface area contributed by atoms with E-state index in [2.05, 4.69) is 36.6 Å². The highest BCUT2D eigenvalue weighted by Crippen LogP contribution is 2.29. The van der Waals surface area contributed by atoms with Gasteiger partial charge in [0.15, 0.2) is 0 Å². The number of nitrogens with zero attached hydrogens (tertiary/aromatic N) is 3. The van der Waals surface area contributed by atoms with Gasteiger partial charge in [-0.3, -0.25) is 14.4 Å². The van der Waals surface area contributed by atoms with Crippen molar-refractivity contribution < 1.29 is 24.6 Å². The Bertz CT molecular complexity index is 1670. The summed E-state index contributed by atoms with van der Waals surface area (Å²) in [4.78, 5) is 39.6. The van der Waals surface area contributed by atoms with Crippen LogP contribution in [0.3, 0.4) is 0 Å². The van der Waals surface area contributed by atoms with E-state index in [1.54, 1.807) is 36.4 Å². The lowest BCUT2D eigenvalue weighted by Crippen LogP contribution is -2.48. The van der Waals surface area contributed by atoms with E-state index >= 15 is 0 Å². The summed E-state index contributed by atoms with van der Waals surface area (Å²) < 4.78 is 0. The van der Waals surface area contributed by atoms with Gasteiger partial charge in [-0.2, -0.15) is 5.21 Å². The molecule has 4 aromatic rings. The smallest absolute Gasteiger partial charge is 0.251 e. The van der Waals surface area contributed by atoms with Gasteiger partial charge in [0.2, 0.25) is 17.6 Å². The quantitative estimate of drug-likeness (QED) is 0.113. The molecule has 1 aromatic heterocycles. The summed E-state index contributed by atoms with van der Waals surface area (Å²) in [5.74, 6) is -0.121. The van der Waals surface area contributed by atoms with E-state index in [4.69, 9.17) is 5.73 Å². The Labute approximate surface area is 278 Å². The second-order valence-corrected chi connectivity index (χ2v) is 12.3. The van der Waals surface area contributed by atoms with Crippen LogP contribution < -0.4 is 21.7 Å². The van der Waals surface area contributed by atoms with Crippen LogP contribution in [-0.2, 0) is 16.0 Å². The number of anilines is 1. The van der Waals surface area contributed by atoms with E-state index in [9.17, 15) is 24.6 Å². The molecule has 1 saturated carbocycles. The lowest BCUT2D eigenvalue weighted by Gasteiger charge is -2.28. The van der Waals surface area contributed by atoms with Crippen LogP contribution in [0.4, 0.5) is 5.69 Å². The maximum absolute atomic E-state index is 13.6. The van der Waals surface area contributed by atoms with Crippen molar-refractivity contribution >= 4 is 23.4 Å². The van der Waals surface area contributed by atoms with E-state index in [0.717, 1.165) is 53.5 Å². The van der Waals surface area contributed by atoms with Crippen molar-refractivity contribution in [1.29, 1.82) is 0 Å². The van der Waals surface area contributed by atoms with Crippen molar-refractivity contribution in [2.45, 2.75) is 51.1 Å². The Morgan fingerprint density at radius 3 is 2.21 bits per heavy atom. The zero-order chi connectivity index (χ0) is 34.0. The number of benzene rings is 3. The number of amides is 3. The number of rotatable bonds is 13. The highest BCUT2D eigenvalue weighted by atomic mass is 16.3. The number of nitrogens with two attached hydrogens (primary N) is 1. The first kappa shape index (κ1) is 34.4. The summed E-state index contributed by atoms with van der Waals surface area (Å²) in [5.41, 5.74) is 11.2. The molecule has 3 amide bonds. The van der Waals surface area contributed by atoms with Gasteiger partial charge >= 0.3 is 0 Å². The minimum Gasteiger partial charge on any atom is -0.394 e. The van der Waals surface area contributed by atoms with Crippen LogP contribution in [0.5, 0.6) is 0 Å². The van der Waals surface area contributed by atoms with Crippen LogP contribution in [0, 0.1) is 18.8 Å². The third-order valence-electron chi connectivity index (χ3n) is 8.91. The first-order valence-electron chi connectivity index (χ1n) is 16.2. The predicted molar refractivity (Wildman–Crippen MR) is 180 cm³/mol. The molecule has 48 heavy (non-hydrogen) atoms. The lowest BCUT2D eigenvalue weighted by atomic mass is 9.81. The molecule has 0 spiro atoms. The van der Waals surface area contributed by atoms with Gasteiger partial charge in [-0.25, -0.2) is 0 Å². The van der Waals surface area contributed by atoms with Gasteiger partial charge in [0, 0.05) is 29.2 Å². The first-order valence-corrected chi connectivity index (χ1v) is 16.2. The second-order valence-electron chi connectivity index (χ2n) is 12.3. The van der Waals surface area contributed by atoms with Crippen molar-refractivity contribution in [3.05, 3.63) is 83.4 Å². The molecular weight excluding hydrogens is 612 g/mol. The molecule has 8 N–H and O–H groups in total. The molecule has 0 bridgehead atoms. The fraction of sp³-hybridized carbons (Fsp3) is 0.371. The number of hydrogen-bond donors (Lipinski definition) is 7. The Balaban J connectivity index is 1.29. The number of aliphatic hydroxyl groups is 2. The number of carbonyl (C=O) groups is 3. The Kier molecular flexibility index (Phi) is 11.6. The molecule has 1 atom stereocenters. The molecule has 13 heteroatoms. The number of aromatic nitrogens is 4.